The molecule has 3 nitrogen and oxygen atoms in total. The molecule has 0 saturated carbocycles. The van der Waals surface area contributed by atoms with Gasteiger partial charge in [-0.2, -0.15) is 0 Å². The summed E-state index contributed by atoms with van der Waals surface area (Å²) in [4.78, 5) is 0.596. The molecule has 1 aromatic heterocycles. The number of furan rings is 1. The van der Waals surface area contributed by atoms with Crippen LogP contribution in [0, 0.1) is 6.92 Å². The van der Waals surface area contributed by atoms with Crippen molar-refractivity contribution in [2.45, 2.75) is 16.7 Å². The summed E-state index contributed by atoms with van der Waals surface area (Å²) in [6.07, 6.45) is 5.32. The van der Waals surface area contributed by atoms with Crippen molar-refractivity contribution in [2.24, 2.45) is 0 Å². The Labute approximate surface area is 135 Å². The maximum atomic E-state index is 12.6. The maximum absolute atomic E-state index is 12.6. The van der Waals surface area contributed by atoms with Crippen LogP contribution in [-0.4, -0.2) is 8.42 Å². The molecule has 0 amide bonds. The lowest BCUT2D eigenvalue weighted by atomic mass is 10.2. The molecule has 3 rings (SSSR count). The number of aryl methyl sites for hydroxylation is 1. The van der Waals surface area contributed by atoms with Crippen molar-refractivity contribution in [3.05, 3.63) is 83.8 Å². The Morgan fingerprint density at radius 2 is 1.43 bits per heavy atom. The second-order valence-corrected chi connectivity index (χ2v) is 7.18. The zero-order chi connectivity index (χ0) is 16.3. The molecule has 116 valence electrons. The Balaban J connectivity index is 1.85. The average Bonchev–Trinajstić information content (AvgIpc) is 3.07. The molecule has 0 aliphatic heterocycles. The zero-order valence-corrected chi connectivity index (χ0v) is 13.5. The van der Waals surface area contributed by atoms with Crippen LogP contribution >= 0.6 is 0 Å². The summed E-state index contributed by atoms with van der Waals surface area (Å²) in [5, 5.41) is 0. The highest BCUT2D eigenvalue weighted by atomic mass is 32.2. The van der Waals surface area contributed by atoms with Crippen molar-refractivity contribution in [1.82, 2.24) is 0 Å². The second-order valence-electron chi connectivity index (χ2n) is 5.23. The van der Waals surface area contributed by atoms with Crippen LogP contribution in [0.2, 0.25) is 0 Å². The molecule has 0 N–H and O–H groups in total. The fourth-order valence-electron chi connectivity index (χ4n) is 2.18. The number of rotatable bonds is 4. The molecule has 4 heteroatoms. The van der Waals surface area contributed by atoms with Gasteiger partial charge in [0.05, 0.1) is 16.1 Å². The highest BCUT2D eigenvalue weighted by Crippen LogP contribution is 2.22. The van der Waals surface area contributed by atoms with Gasteiger partial charge in [-0.05, 0) is 55.0 Å². The third-order valence-corrected chi connectivity index (χ3v) is 5.29. The second kappa shape index (κ2) is 6.26. The van der Waals surface area contributed by atoms with E-state index >= 15 is 0 Å². The Kier molecular flexibility index (Phi) is 4.17. The summed E-state index contributed by atoms with van der Waals surface area (Å²) in [5.74, 6) is 0.751. The van der Waals surface area contributed by atoms with E-state index in [1.165, 1.54) is 0 Å². The summed E-state index contributed by atoms with van der Waals surface area (Å²) in [7, 11) is -3.47. The first-order valence-corrected chi connectivity index (χ1v) is 8.67. The van der Waals surface area contributed by atoms with Crippen LogP contribution in [0.15, 0.2) is 81.1 Å². The van der Waals surface area contributed by atoms with Gasteiger partial charge in [-0.25, -0.2) is 8.42 Å². The van der Waals surface area contributed by atoms with Gasteiger partial charge in [0.2, 0.25) is 9.84 Å². The van der Waals surface area contributed by atoms with Crippen LogP contribution in [-0.2, 0) is 9.84 Å². The zero-order valence-electron chi connectivity index (χ0n) is 12.6. The molecule has 1 heterocycles. The largest absolute Gasteiger partial charge is 0.465 e. The van der Waals surface area contributed by atoms with E-state index in [9.17, 15) is 8.42 Å². The minimum absolute atomic E-state index is 0.288. The van der Waals surface area contributed by atoms with Gasteiger partial charge in [0.25, 0.3) is 0 Å². The molecule has 0 fully saturated rings. The van der Waals surface area contributed by atoms with Gasteiger partial charge in [-0.3, -0.25) is 0 Å². The molecule has 0 saturated heterocycles. The predicted molar refractivity (Wildman–Crippen MR) is 90.7 cm³/mol. The average molecular weight is 324 g/mol. The van der Waals surface area contributed by atoms with Crippen LogP contribution in [0.1, 0.15) is 16.9 Å². The van der Waals surface area contributed by atoms with Crippen molar-refractivity contribution in [2.75, 3.05) is 0 Å². The molecular weight excluding hydrogens is 308 g/mol. The molecule has 0 bridgehead atoms. The standard InChI is InChI=1S/C19H16O3S/c1-15-4-10-18(11-5-15)23(20,21)19-12-7-16(8-13-19)6-9-17-3-2-14-22-17/h2-14H,1H3. The molecule has 0 radical (unpaired) electrons. The summed E-state index contributed by atoms with van der Waals surface area (Å²) >= 11 is 0. The molecule has 0 aliphatic rings. The molecular formula is C19H16O3S. The van der Waals surface area contributed by atoms with Crippen LogP contribution < -0.4 is 0 Å². The van der Waals surface area contributed by atoms with Gasteiger partial charge in [0.15, 0.2) is 0 Å². The third-order valence-electron chi connectivity index (χ3n) is 3.50. The summed E-state index contributed by atoms with van der Waals surface area (Å²) in [6, 6.07) is 17.3. The lowest BCUT2D eigenvalue weighted by molar-refractivity contribution is 0.557. The predicted octanol–water partition coefficient (Wildman–Crippen LogP) is 4.59. The molecule has 3 aromatic rings. The molecule has 0 spiro atoms. The van der Waals surface area contributed by atoms with Crippen molar-refractivity contribution >= 4 is 22.0 Å². The number of hydrogen-bond donors (Lipinski definition) is 0. The van der Waals surface area contributed by atoms with E-state index in [0.717, 1.165) is 16.9 Å². The summed E-state index contributed by atoms with van der Waals surface area (Å²) in [5.41, 5.74) is 1.94. The number of benzene rings is 2. The van der Waals surface area contributed by atoms with Gasteiger partial charge in [-0.15, -0.1) is 0 Å². The van der Waals surface area contributed by atoms with Crippen LogP contribution in [0.3, 0.4) is 0 Å². The Morgan fingerprint density at radius 3 is 2.00 bits per heavy atom. The van der Waals surface area contributed by atoms with E-state index in [2.05, 4.69) is 0 Å². The minimum atomic E-state index is -3.47. The molecule has 0 unspecified atom stereocenters. The van der Waals surface area contributed by atoms with E-state index in [4.69, 9.17) is 4.42 Å². The van der Waals surface area contributed by atoms with Gasteiger partial charge < -0.3 is 4.42 Å². The fourth-order valence-corrected chi connectivity index (χ4v) is 3.44. The molecule has 23 heavy (non-hydrogen) atoms. The van der Waals surface area contributed by atoms with Gasteiger partial charge in [-0.1, -0.05) is 35.9 Å². The minimum Gasteiger partial charge on any atom is -0.465 e. The first kappa shape index (κ1) is 15.3. The van der Waals surface area contributed by atoms with Crippen molar-refractivity contribution in [1.29, 1.82) is 0 Å². The third kappa shape index (κ3) is 3.43. The quantitative estimate of drug-likeness (QED) is 0.705. The van der Waals surface area contributed by atoms with Crippen LogP contribution in [0.4, 0.5) is 0 Å². The number of sulfone groups is 1. The monoisotopic (exact) mass is 324 g/mol. The highest BCUT2D eigenvalue weighted by molar-refractivity contribution is 7.91. The van der Waals surface area contributed by atoms with Gasteiger partial charge in [0.1, 0.15) is 5.76 Å². The van der Waals surface area contributed by atoms with E-state index in [0.29, 0.717) is 4.90 Å². The van der Waals surface area contributed by atoms with Gasteiger partial charge >= 0.3 is 0 Å². The van der Waals surface area contributed by atoms with Crippen molar-refractivity contribution < 1.29 is 12.8 Å². The first-order chi connectivity index (χ1) is 11.1. The molecule has 0 atom stereocenters. The van der Waals surface area contributed by atoms with Crippen molar-refractivity contribution in [3.63, 3.8) is 0 Å². The topological polar surface area (TPSA) is 47.3 Å². The van der Waals surface area contributed by atoms with E-state index in [1.54, 1.807) is 54.8 Å². The van der Waals surface area contributed by atoms with E-state index in [1.807, 2.05) is 31.2 Å². The Bertz CT molecular complexity index is 902. The molecule has 0 aliphatic carbocycles. The van der Waals surface area contributed by atoms with Gasteiger partial charge in [0, 0.05) is 0 Å². The van der Waals surface area contributed by atoms with E-state index < -0.39 is 9.84 Å². The fraction of sp³-hybridized carbons (Fsp3) is 0.0526. The molecule has 2 aromatic carbocycles. The summed E-state index contributed by atoms with van der Waals surface area (Å²) < 4.78 is 30.4. The van der Waals surface area contributed by atoms with Crippen molar-refractivity contribution in [3.8, 4) is 0 Å². The Morgan fingerprint density at radius 1 is 0.826 bits per heavy atom. The lowest BCUT2D eigenvalue weighted by Gasteiger charge is -2.05. The highest BCUT2D eigenvalue weighted by Gasteiger charge is 2.16. The lowest BCUT2D eigenvalue weighted by Crippen LogP contribution is -2.01. The normalized spacial score (nSPS) is 11.9. The SMILES string of the molecule is Cc1ccc(S(=O)(=O)c2ccc(C=Cc3ccco3)cc2)cc1. The number of hydrogen-bond acceptors (Lipinski definition) is 3. The first-order valence-electron chi connectivity index (χ1n) is 7.19. The van der Waals surface area contributed by atoms with E-state index in [-0.39, 0.29) is 4.90 Å². The summed E-state index contributed by atoms with van der Waals surface area (Å²) in [6.45, 7) is 1.93. The van der Waals surface area contributed by atoms with Crippen LogP contribution in [0.25, 0.3) is 12.2 Å². The smallest absolute Gasteiger partial charge is 0.206 e. The van der Waals surface area contributed by atoms with Crippen LogP contribution in [0.5, 0.6) is 0 Å². The maximum Gasteiger partial charge on any atom is 0.206 e. The Hall–Kier alpha value is -2.59.